The van der Waals surface area contributed by atoms with E-state index in [-0.39, 0.29) is 28.0 Å². The summed E-state index contributed by atoms with van der Waals surface area (Å²) in [5.74, 6) is -0.0431. The first-order chi connectivity index (χ1) is 16.2. The predicted octanol–water partition coefficient (Wildman–Crippen LogP) is 4.23. The molecule has 34 heavy (non-hydrogen) atoms. The van der Waals surface area contributed by atoms with Crippen LogP contribution in [0.2, 0.25) is 5.02 Å². The van der Waals surface area contributed by atoms with E-state index in [4.69, 9.17) is 11.6 Å². The predicted molar refractivity (Wildman–Crippen MR) is 123 cm³/mol. The van der Waals surface area contributed by atoms with E-state index in [9.17, 15) is 22.8 Å². The zero-order chi connectivity index (χ0) is 24.5. The third-order valence-corrected chi connectivity index (χ3v) is 6.02. The third kappa shape index (κ3) is 4.72. The zero-order valence-electron chi connectivity index (χ0n) is 18.5. The van der Waals surface area contributed by atoms with E-state index in [1.807, 2.05) is 6.92 Å². The largest absolute Gasteiger partial charge is 0.417 e. The van der Waals surface area contributed by atoms with Crippen molar-refractivity contribution in [1.82, 2.24) is 19.7 Å². The van der Waals surface area contributed by atoms with E-state index < -0.39 is 11.7 Å². The number of alkyl halides is 3. The van der Waals surface area contributed by atoms with E-state index >= 15 is 0 Å². The molecule has 1 saturated heterocycles. The highest BCUT2D eigenvalue weighted by molar-refractivity contribution is 6.33. The van der Waals surface area contributed by atoms with Crippen molar-refractivity contribution in [3.05, 3.63) is 63.2 Å². The van der Waals surface area contributed by atoms with Gasteiger partial charge in [0.1, 0.15) is 5.82 Å². The van der Waals surface area contributed by atoms with Crippen LogP contribution in [-0.2, 0) is 12.7 Å². The number of benzene rings is 1. The molecule has 0 aliphatic carbocycles. The van der Waals surface area contributed by atoms with Gasteiger partial charge in [-0.05, 0) is 25.0 Å². The minimum absolute atomic E-state index is 0.0890. The number of nitrogens with zero attached hydrogens (tertiary/aromatic N) is 5. The molecule has 11 heteroatoms. The van der Waals surface area contributed by atoms with Gasteiger partial charge in [-0.25, -0.2) is 9.67 Å². The first kappa shape index (κ1) is 24.0. The second-order valence-electron chi connectivity index (χ2n) is 8.08. The number of carbonyl (C=O) groups excluding carboxylic acids is 1. The summed E-state index contributed by atoms with van der Waals surface area (Å²) in [6.45, 7) is 3.88. The standard InChI is InChI=1S/C23H23ClF3N5O2/c1-2-8-32-21(33)17-7-4-3-6-16(17)19(29-32)22(34)31-10-5-9-30(11-12-31)20-18(24)13-15(14-28-20)23(25,26)27/h3-4,6-7,13-14H,2,5,8-12H2,1H3. The fourth-order valence-electron chi connectivity index (χ4n) is 4.06. The van der Waals surface area contributed by atoms with Gasteiger partial charge in [0.15, 0.2) is 5.69 Å². The van der Waals surface area contributed by atoms with Gasteiger partial charge in [0.2, 0.25) is 0 Å². The Bertz CT molecular complexity index is 1280. The summed E-state index contributed by atoms with van der Waals surface area (Å²) >= 11 is 6.12. The fraction of sp³-hybridized carbons (Fsp3) is 0.391. The van der Waals surface area contributed by atoms with Gasteiger partial charge >= 0.3 is 6.18 Å². The van der Waals surface area contributed by atoms with Crippen LogP contribution in [0.15, 0.2) is 41.3 Å². The summed E-state index contributed by atoms with van der Waals surface area (Å²) < 4.78 is 40.1. The Morgan fingerprint density at radius 3 is 2.53 bits per heavy atom. The second-order valence-corrected chi connectivity index (χ2v) is 8.49. The number of hydrogen-bond acceptors (Lipinski definition) is 5. The lowest BCUT2D eigenvalue weighted by Crippen LogP contribution is -2.37. The van der Waals surface area contributed by atoms with Crippen molar-refractivity contribution in [2.75, 3.05) is 31.1 Å². The highest BCUT2D eigenvalue weighted by Crippen LogP contribution is 2.33. The number of halogens is 4. The van der Waals surface area contributed by atoms with Crippen LogP contribution in [0.1, 0.15) is 35.8 Å². The molecule has 4 rings (SSSR count). The number of pyridine rings is 1. The second kappa shape index (κ2) is 9.61. The van der Waals surface area contributed by atoms with Crippen LogP contribution in [0.3, 0.4) is 0 Å². The lowest BCUT2D eigenvalue weighted by atomic mass is 10.1. The Morgan fingerprint density at radius 1 is 1.12 bits per heavy atom. The Labute approximate surface area is 198 Å². The van der Waals surface area contributed by atoms with Gasteiger partial charge in [-0.3, -0.25) is 9.59 Å². The Hall–Kier alpha value is -3.14. The minimum Gasteiger partial charge on any atom is -0.354 e. The molecule has 3 heterocycles. The van der Waals surface area contributed by atoms with Crippen LogP contribution in [0, 0.1) is 0 Å². The van der Waals surface area contributed by atoms with E-state index in [1.54, 1.807) is 34.1 Å². The number of aryl methyl sites for hydroxylation is 1. The molecule has 7 nitrogen and oxygen atoms in total. The molecule has 0 radical (unpaired) electrons. The highest BCUT2D eigenvalue weighted by atomic mass is 35.5. The van der Waals surface area contributed by atoms with Gasteiger partial charge < -0.3 is 9.80 Å². The monoisotopic (exact) mass is 493 g/mol. The number of carbonyl (C=O) groups is 1. The molecule has 0 N–H and O–H groups in total. The van der Waals surface area contributed by atoms with Crippen LogP contribution < -0.4 is 10.5 Å². The third-order valence-electron chi connectivity index (χ3n) is 5.74. The van der Waals surface area contributed by atoms with Crippen molar-refractivity contribution < 1.29 is 18.0 Å². The molecule has 1 aromatic carbocycles. The van der Waals surface area contributed by atoms with Crippen molar-refractivity contribution >= 4 is 34.1 Å². The molecular formula is C23H23ClF3N5O2. The van der Waals surface area contributed by atoms with Gasteiger partial charge in [0.05, 0.1) is 16.0 Å². The smallest absolute Gasteiger partial charge is 0.354 e. The van der Waals surface area contributed by atoms with Gasteiger partial charge in [-0.15, -0.1) is 0 Å². The molecule has 0 saturated carbocycles. The maximum atomic E-state index is 13.5. The molecule has 1 aliphatic rings. The molecule has 0 bridgehead atoms. The molecular weight excluding hydrogens is 471 g/mol. The van der Waals surface area contributed by atoms with Crippen molar-refractivity contribution in [2.45, 2.75) is 32.5 Å². The average Bonchev–Trinajstić information content (AvgIpc) is 3.06. The number of aromatic nitrogens is 3. The first-order valence-electron chi connectivity index (χ1n) is 11.0. The normalized spacial score (nSPS) is 15.0. The summed E-state index contributed by atoms with van der Waals surface area (Å²) in [6.07, 6.45) is -2.50. The summed E-state index contributed by atoms with van der Waals surface area (Å²) in [7, 11) is 0. The van der Waals surface area contributed by atoms with E-state index in [2.05, 4.69) is 10.1 Å². The highest BCUT2D eigenvalue weighted by Gasteiger charge is 2.32. The number of hydrogen-bond donors (Lipinski definition) is 0. The number of anilines is 1. The summed E-state index contributed by atoms with van der Waals surface area (Å²) in [5.41, 5.74) is -0.935. The Balaban J connectivity index is 1.59. The van der Waals surface area contributed by atoms with Gasteiger partial charge in [-0.1, -0.05) is 36.7 Å². The quantitative estimate of drug-likeness (QED) is 0.544. The van der Waals surface area contributed by atoms with Gasteiger partial charge in [0, 0.05) is 44.3 Å². The van der Waals surface area contributed by atoms with E-state index in [1.165, 1.54) is 4.68 Å². The van der Waals surface area contributed by atoms with Gasteiger partial charge in [-0.2, -0.15) is 18.3 Å². The van der Waals surface area contributed by atoms with Crippen LogP contribution in [0.5, 0.6) is 0 Å². The minimum atomic E-state index is -4.53. The number of fused-ring (bicyclic) bond motifs is 1. The van der Waals surface area contributed by atoms with Crippen LogP contribution in [0.4, 0.5) is 19.0 Å². The van der Waals surface area contributed by atoms with Crippen LogP contribution in [0.25, 0.3) is 10.8 Å². The van der Waals surface area contributed by atoms with Crippen molar-refractivity contribution in [3.63, 3.8) is 0 Å². The molecule has 1 amide bonds. The number of amides is 1. The molecule has 3 aromatic rings. The summed E-state index contributed by atoms with van der Waals surface area (Å²) in [6, 6.07) is 7.77. The SMILES string of the molecule is CCCn1nc(C(=O)N2CCCN(c3ncc(C(F)(F)F)cc3Cl)CC2)c2ccccc2c1=O. The lowest BCUT2D eigenvalue weighted by molar-refractivity contribution is -0.137. The maximum absolute atomic E-state index is 13.5. The van der Waals surface area contributed by atoms with Crippen LogP contribution in [-0.4, -0.2) is 51.8 Å². The molecule has 2 aromatic heterocycles. The van der Waals surface area contributed by atoms with Crippen molar-refractivity contribution in [2.24, 2.45) is 0 Å². The molecule has 0 spiro atoms. The molecule has 1 aliphatic heterocycles. The Morgan fingerprint density at radius 2 is 1.85 bits per heavy atom. The van der Waals surface area contributed by atoms with Crippen molar-refractivity contribution in [3.8, 4) is 0 Å². The average molecular weight is 494 g/mol. The first-order valence-corrected chi connectivity index (χ1v) is 11.3. The zero-order valence-corrected chi connectivity index (χ0v) is 19.2. The molecule has 180 valence electrons. The fourth-order valence-corrected chi connectivity index (χ4v) is 4.34. The lowest BCUT2D eigenvalue weighted by Gasteiger charge is -2.24. The Kier molecular flexibility index (Phi) is 6.79. The summed E-state index contributed by atoms with van der Waals surface area (Å²) in [4.78, 5) is 33.5. The topological polar surface area (TPSA) is 71.3 Å². The molecule has 0 atom stereocenters. The van der Waals surface area contributed by atoms with Crippen molar-refractivity contribution in [1.29, 1.82) is 0 Å². The summed E-state index contributed by atoms with van der Waals surface area (Å²) in [5, 5.41) is 5.23. The number of rotatable bonds is 4. The maximum Gasteiger partial charge on any atom is 0.417 e. The molecule has 0 unspecified atom stereocenters. The van der Waals surface area contributed by atoms with E-state index in [0.717, 1.165) is 12.3 Å². The molecule has 1 fully saturated rings. The van der Waals surface area contributed by atoms with E-state index in [0.29, 0.717) is 56.3 Å². The van der Waals surface area contributed by atoms with Crippen LogP contribution >= 0.6 is 11.6 Å². The van der Waals surface area contributed by atoms with Gasteiger partial charge in [0.25, 0.3) is 11.5 Å².